The molecule has 0 atom stereocenters. The number of piperazine rings is 1. The zero-order chi connectivity index (χ0) is 26.5. The van der Waals surface area contributed by atoms with Crippen molar-refractivity contribution in [2.24, 2.45) is 0 Å². The fourth-order valence-corrected chi connectivity index (χ4v) is 4.53. The SMILES string of the molecule is O=C(Nc1ccc(N2CCN(C(=O)/C=C/c3ccccc3)CC2)cc1)c1ccc(-c2ccc(Cl)c(Cl)c2)o1. The predicted octanol–water partition coefficient (Wildman–Crippen LogP) is 6.87. The van der Waals surface area contributed by atoms with E-state index in [0.29, 0.717) is 34.6 Å². The second-order valence-corrected chi connectivity index (χ2v) is 9.66. The first-order chi connectivity index (χ1) is 18.5. The molecule has 6 nitrogen and oxygen atoms in total. The lowest BCUT2D eigenvalue weighted by atomic mass is 10.2. The van der Waals surface area contributed by atoms with Gasteiger partial charge in [-0.25, -0.2) is 0 Å². The van der Waals surface area contributed by atoms with Gasteiger partial charge in [0.25, 0.3) is 5.91 Å². The van der Waals surface area contributed by atoms with Crippen LogP contribution in [0.3, 0.4) is 0 Å². The van der Waals surface area contributed by atoms with Gasteiger partial charge in [0.2, 0.25) is 5.91 Å². The molecule has 1 aromatic heterocycles. The smallest absolute Gasteiger partial charge is 0.291 e. The van der Waals surface area contributed by atoms with Crippen LogP contribution in [0.15, 0.2) is 95.4 Å². The molecule has 1 N–H and O–H groups in total. The van der Waals surface area contributed by atoms with Gasteiger partial charge in [-0.1, -0.05) is 53.5 Å². The Morgan fingerprint density at radius 2 is 1.55 bits per heavy atom. The molecule has 5 rings (SSSR count). The van der Waals surface area contributed by atoms with Crippen LogP contribution in [0.25, 0.3) is 17.4 Å². The summed E-state index contributed by atoms with van der Waals surface area (Å²) in [5.41, 5.74) is 3.43. The lowest BCUT2D eigenvalue weighted by molar-refractivity contribution is -0.126. The largest absolute Gasteiger partial charge is 0.451 e. The average molecular weight is 546 g/mol. The molecule has 192 valence electrons. The Labute approximate surface area is 231 Å². The van der Waals surface area contributed by atoms with Gasteiger partial charge >= 0.3 is 0 Å². The molecule has 0 spiro atoms. The molecule has 0 radical (unpaired) electrons. The monoisotopic (exact) mass is 545 g/mol. The summed E-state index contributed by atoms with van der Waals surface area (Å²) in [4.78, 5) is 29.3. The molecule has 2 heterocycles. The van der Waals surface area contributed by atoms with Crippen molar-refractivity contribution < 1.29 is 14.0 Å². The number of nitrogens with one attached hydrogen (secondary N) is 1. The molecular formula is C30H25Cl2N3O3. The average Bonchev–Trinajstić information content (AvgIpc) is 3.45. The standard InChI is InChI=1S/C30H25Cl2N3O3/c31-25-12-7-22(20-26(25)32)27-13-14-28(38-27)30(37)33-23-8-10-24(11-9-23)34-16-18-35(19-17-34)29(36)15-6-21-4-2-1-3-5-21/h1-15,20H,16-19H2,(H,33,37)/b15-6+. The van der Waals surface area contributed by atoms with E-state index in [1.54, 1.807) is 36.4 Å². The summed E-state index contributed by atoms with van der Waals surface area (Å²) in [5, 5.41) is 3.73. The van der Waals surface area contributed by atoms with Gasteiger partial charge < -0.3 is 19.5 Å². The molecule has 0 bridgehead atoms. The highest BCUT2D eigenvalue weighted by molar-refractivity contribution is 6.42. The number of hydrogen-bond acceptors (Lipinski definition) is 4. The van der Waals surface area contributed by atoms with Crippen molar-refractivity contribution in [1.82, 2.24) is 4.90 Å². The number of furan rings is 1. The molecular weight excluding hydrogens is 521 g/mol. The third-order valence-electron chi connectivity index (χ3n) is 6.33. The highest BCUT2D eigenvalue weighted by atomic mass is 35.5. The Bertz CT molecular complexity index is 1460. The Balaban J connectivity index is 1.14. The topological polar surface area (TPSA) is 65.8 Å². The molecule has 0 unspecified atom stereocenters. The second-order valence-electron chi connectivity index (χ2n) is 8.85. The highest BCUT2D eigenvalue weighted by Crippen LogP contribution is 2.30. The maximum atomic E-state index is 12.7. The Hall–Kier alpha value is -4.00. The van der Waals surface area contributed by atoms with E-state index in [4.69, 9.17) is 27.6 Å². The van der Waals surface area contributed by atoms with Crippen LogP contribution >= 0.6 is 23.2 Å². The van der Waals surface area contributed by atoms with Gasteiger partial charge in [-0.3, -0.25) is 9.59 Å². The third kappa shape index (κ3) is 6.10. The molecule has 0 aliphatic carbocycles. The predicted molar refractivity (Wildman–Crippen MR) is 153 cm³/mol. The maximum absolute atomic E-state index is 12.7. The second kappa shape index (κ2) is 11.6. The van der Waals surface area contributed by atoms with Gasteiger partial charge in [0, 0.05) is 49.2 Å². The molecule has 1 aliphatic rings. The van der Waals surface area contributed by atoms with Gasteiger partial charge in [-0.2, -0.15) is 0 Å². The van der Waals surface area contributed by atoms with Crippen molar-refractivity contribution in [2.75, 3.05) is 36.4 Å². The van der Waals surface area contributed by atoms with Crippen molar-refractivity contribution in [3.05, 3.63) is 112 Å². The van der Waals surface area contributed by atoms with Crippen molar-refractivity contribution >= 4 is 52.5 Å². The van der Waals surface area contributed by atoms with Gasteiger partial charge in [0.15, 0.2) is 5.76 Å². The summed E-state index contributed by atoms with van der Waals surface area (Å²) in [6, 6.07) is 25.9. The Kier molecular flexibility index (Phi) is 7.82. The van der Waals surface area contributed by atoms with Gasteiger partial charge in [0.05, 0.1) is 10.0 Å². The Morgan fingerprint density at radius 3 is 2.26 bits per heavy atom. The molecule has 0 saturated carbocycles. The number of carbonyl (C=O) groups is 2. The van der Waals surface area contributed by atoms with Crippen LogP contribution in [0.5, 0.6) is 0 Å². The number of benzene rings is 3. The van der Waals surface area contributed by atoms with Crippen LogP contribution in [0, 0.1) is 0 Å². The normalized spacial score (nSPS) is 13.6. The first-order valence-corrected chi connectivity index (χ1v) is 13.0. The lowest BCUT2D eigenvalue weighted by Gasteiger charge is -2.35. The fourth-order valence-electron chi connectivity index (χ4n) is 4.23. The highest BCUT2D eigenvalue weighted by Gasteiger charge is 2.20. The number of halogens is 2. The first kappa shape index (κ1) is 25.6. The number of hydrogen-bond donors (Lipinski definition) is 1. The number of amides is 2. The van der Waals surface area contributed by atoms with Crippen LogP contribution in [-0.2, 0) is 4.79 Å². The van der Waals surface area contributed by atoms with Crippen LogP contribution in [0.2, 0.25) is 10.0 Å². The van der Waals surface area contributed by atoms with Crippen molar-refractivity contribution in [1.29, 1.82) is 0 Å². The molecule has 4 aromatic rings. The zero-order valence-corrected chi connectivity index (χ0v) is 22.0. The number of carbonyl (C=O) groups excluding carboxylic acids is 2. The van der Waals surface area contributed by atoms with E-state index in [2.05, 4.69) is 10.2 Å². The third-order valence-corrected chi connectivity index (χ3v) is 7.07. The van der Waals surface area contributed by atoms with Gasteiger partial charge in [-0.15, -0.1) is 0 Å². The molecule has 3 aromatic carbocycles. The summed E-state index contributed by atoms with van der Waals surface area (Å²) in [7, 11) is 0. The summed E-state index contributed by atoms with van der Waals surface area (Å²) < 4.78 is 5.73. The van der Waals surface area contributed by atoms with Crippen LogP contribution in [0.1, 0.15) is 16.1 Å². The quantitative estimate of drug-likeness (QED) is 0.268. The van der Waals surface area contributed by atoms with E-state index >= 15 is 0 Å². The lowest BCUT2D eigenvalue weighted by Crippen LogP contribution is -2.48. The maximum Gasteiger partial charge on any atom is 0.291 e. The van der Waals surface area contributed by atoms with Crippen molar-refractivity contribution in [3.63, 3.8) is 0 Å². The summed E-state index contributed by atoms with van der Waals surface area (Å²) in [6.45, 7) is 2.77. The number of anilines is 2. The molecule has 8 heteroatoms. The number of rotatable bonds is 6. The minimum absolute atomic E-state index is 0.0202. The molecule has 1 saturated heterocycles. The van der Waals surface area contributed by atoms with Crippen LogP contribution < -0.4 is 10.2 Å². The van der Waals surface area contributed by atoms with Gasteiger partial charge in [-0.05, 0) is 66.2 Å². The summed E-state index contributed by atoms with van der Waals surface area (Å²) in [6.07, 6.45) is 3.48. The van der Waals surface area contributed by atoms with E-state index in [1.807, 2.05) is 65.6 Å². The van der Waals surface area contributed by atoms with E-state index in [9.17, 15) is 9.59 Å². The van der Waals surface area contributed by atoms with E-state index in [0.717, 1.165) is 29.9 Å². The molecule has 1 fully saturated rings. The van der Waals surface area contributed by atoms with Crippen LogP contribution in [-0.4, -0.2) is 42.9 Å². The first-order valence-electron chi connectivity index (χ1n) is 12.2. The minimum atomic E-state index is -0.347. The zero-order valence-electron chi connectivity index (χ0n) is 20.4. The van der Waals surface area contributed by atoms with E-state index < -0.39 is 0 Å². The molecule has 2 amide bonds. The number of nitrogens with zero attached hydrogens (tertiary/aromatic N) is 2. The molecule has 1 aliphatic heterocycles. The minimum Gasteiger partial charge on any atom is -0.451 e. The summed E-state index contributed by atoms with van der Waals surface area (Å²) in [5.74, 6) is 0.390. The molecule has 38 heavy (non-hydrogen) atoms. The van der Waals surface area contributed by atoms with Crippen molar-refractivity contribution in [2.45, 2.75) is 0 Å². The van der Waals surface area contributed by atoms with Crippen LogP contribution in [0.4, 0.5) is 11.4 Å². The van der Waals surface area contributed by atoms with Gasteiger partial charge in [0.1, 0.15) is 5.76 Å². The van der Waals surface area contributed by atoms with E-state index in [-0.39, 0.29) is 17.6 Å². The summed E-state index contributed by atoms with van der Waals surface area (Å²) >= 11 is 12.1. The van der Waals surface area contributed by atoms with Crippen molar-refractivity contribution in [3.8, 4) is 11.3 Å². The van der Waals surface area contributed by atoms with E-state index in [1.165, 1.54) is 0 Å². The Morgan fingerprint density at radius 1 is 0.816 bits per heavy atom. The fraction of sp³-hybridized carbons (Fsp3) is 0.133.